The van der Waals surface area contributed by atoms with Crippen LogP contribution in [0, 0.1) is 5.92 Å². The van der Waals surface area contributed by atoms with E-state index in [9.17, 15) is 9.90 Å². The molecule has 0 saturated heterocycles. The van der Waals surface area contributed by atoms with E-state index in [-0.39, 0.29) is 5.91 Å². The molecule has 0 spiro atoms. The molecule has 2 aliphatic carbocycles. The van der Waals surface area contributed by atoms with E-state index in [1.807, 2.05) is 0 Å². The van der Waals surface area contributed by atoms with Crippen LogP contribution in [0.5, 0.6) is 0 Å². The summed E-state index contributed by atoms with van der Waals surface area (Å²) in [5.41, 5.74) is 0. The average molecular weight is 298 g/mol. The number of amides is 1. The van der Waals surface area contributed by atoms with E-state index in [1.54, 1.807) is 0 Å². The molecule has 0 aromatic heterocycles. The predicted molar refractivity (Wildman–Crippen MR) is 82.0 cm³/mol. The second-order valence-corrected chi connectivity index (χ2v) is 6.58. The van der Waals surface area contributed by atoms with E-state index in [0.29, 0.717) is 44.2 Å². The van der Waals surface area contributed by atoms with Crippen molar-refractivity contribution in [1.29, 1.82) is 0 Å². The van der Waals surface area contributed by atoms with Gasteiger partial charge in [-0.15, -0.1) is 0 Å². The minimum absolute atomic E-state index is 0.103. The molecule has 0 heterocycles. The Morgan fingerprint density at radius 2 is 2.05 bits per heavy atom. The first kappa shape index (κ1) is 16.7. The standard InChI is InChI=1S/C16H30N2O3/c1-12-4-2-3-5-15(12)21-11-14(19)10-17-9-8-16(20)18-13-6-7-13/h12-15,17,19H,2-11H2,1H3,(H,18,20). The summed E-state index contributed by atoms with van der Waals surface area (Å²) in [4.78, 5) is 11.5. The van der Waals surface area contributed by atoms with E-state index in [2.05, 4.69) is 17.6 Å². The third-order valence-corrected chi connectivity index (χ3v) is 4.39. The Kier molecular flexibility index (Phi) is 6.93. The van der Waals surface area contributed by atoms with Crippen molar-refractivity contribution in [2.75, 3.05) is 19.7 Å². The molecule has 5 heteroatoms. The highest BCUT2D eigenvalue weighted by molar-refractivity contribution is 5.76. The fourth-order valence-electron chi connectivity index (χ4n) is 2.82. The lowest BCUT2D eigenvalue weighted by atomic mass is 9.88. The third-order valence-electron chi connectivity index (χ3n) is 4.39. The summed E-state index contributed by atoms with van der Waals surface area (Å²) in [7, 11) is 0. The third kappa shape index (κ3) is 6.76. The molecule has 0 aromatic rings. The number of carbonyl (C=O) groups is 1. The first-order chi connectivity index (χ1) is 10.1. The molecule has 5 nitrogen and oxygen atoms in total. The van der Waals surface area contributed by atoms with Crippen molar-refractivity contribution in [1.82, 2.24) is 10.6 Å². The maximum Gasteiger partial charge on any atom is 0.221 e. The molecule has 2 aliphatic rings. The Morgan fingerprint density at radius 1 is 1.29 bits per heavy atom. The van der Waals surface area contributed by atoms with Crippen molar-refractivity contribution < 1.29 is 14.6 Å². The molecule has 3 unspecified atom stereocenters. The van der Waals surface area contributed by atoms with Gasteiger partial charge in [-0.25, -0.2) is 0 Å². The molecule has 0 aliphatic heterocycles. The Labute approximate surface area is 127 Å². The van der Waals surface area contributed by atoms with Crippen LogP contribution in [0.1, 0.15) is 51.9 Å². The quantitative estimate of drug-likeness (QED) is 0.559. The monoisotopic (exact) mass is 298 g/mol. The van der Waals surface area contributed by atoms with Crippen LogP contribution in [-0.2, 0) is 9.53 Å². The van der Waals surface area contributed by atoms with Gasteiger partial charge in [-0.3, -0.25) is 4.79 Å². The van der Waals surface area contributed by atoms with Crippen molar-refractivity contribution >= 4 is 5.91 Å². The summed E-state index contributed by atoms with van der Waals surface area (Å²) in [6.45, 7) is 3.70. The van der Waals surface area contributed by atoms with Gasteiger partial charge in [0.15, 0.2) is 0 Å². The molecule has 122 valence electrons. The summed E-state index contributed by atoms with van der Waals surface area (Å²) >= 11 is 0. The molecular formula is C16H30N2O3. The van der Waals surface area contributed by atoms with Crippen molar-refractivity contribution in [2.24, 2.45) is 5.92 Å². The highest BCUT2D eigenvalue weighted by Crippen LogP contribution is 2.26. The highest BCUT2D eigenvalue weighted by Gasteiger charge is 2.23. The normalized spacial score (nSPS) is 27.3. The van der Waals surface area contributed by atoms with Crippen molar-refractivity contribution in [3.05, 3.63) is 0 Å². The number of hydrogen-bond donors (Lipinski definition) is 3. The summed E-state index contributed by atoms with van der Waals surface area (Å²) in [6, 6.07) is 0.425. The van der Waals surface area contributed by atoms with Gasteiger partial charge in [0.1, 0.15) is 0 Å². The van der Waals surface area contributed by atoms with Gasteiger partial charge in [-0.1, -0.05) is 19.8 Å². The fraction of sp³-hybridized carbons (Fsp3) is 0.938. The molecule has 0 bridgehead atoms. The second-order valence-electron chi connectivity index (χ2n) is 6.58. The van der Waals surface area contributed by atoms with Gasteiger partial charge >= 0.3 is 0 Å². The van der Waals surface area contributed by atoms with Crippen LogP contribution < -0.4 is 10.6 Å². The highest BCUT2D eigenvalue weighted by atomic mass is 16.5. The van der Waals surface area contributed by atoms with Crippen LogP contribution in [-0.4, -0.2) is 49.0 Å². The summed E-state index contributed by atoms with van der Waals surface area (Å²) in [6.07, 6.45) is 7.40. The zero-order valence-corrected chi connectivity index (χ0v) is 13.1. The van der Waals surface area contributed by atoms with Crippen LogP contribution in [0.2, 0.25) is 0 Å². The maximum atomic E-state index is 11.5. The maximum absolute atomic E-state index is 11.5. The van der Waals surface area contributed by atoms with Gasteiger partial charge in [0.05, 0.1) is 18.8 Å². The summed E-state index contributed by atoms with van der Waals surface area (Å²) in [5, 5.41) is 16.0. The summed E-state index contributed by atoms with van der Waals surface area (Å²) < 4.78 is 5.83. The van der Waals surface area contributed by atoms with Crippen LogP contribution in [0.15, 0.2) is 0 Å². The zero-order chi connectivity index (χ0) is 15.1. The zero-order valence-electron chi connectivity index (χ0n) is 13.1. The minimum atomic E-state index is -0.495. The van der Waals surface area contributed by atoms with Crippen LogP contribution >= 0.6 is 0 Å². The SMILES string of the molecule is CC1CCCCC1OCC(O)CNCCC(=O)NC1CC1. The van der Waals surface area contributed by atoms with Gasteiger partial charge in [0.25, 0.3) is 0 Å². The molecule has 1 amide bonds. The fourth-order valence-corrected chi connectivity index (χ4v) is 2.82. The van der Waals surface area contributed by atoms with E-state index >= 15 is 0 Å². The Bertz CT molecular complexity index is 321. The Morgan fingerprint density at radius 3 is 2.76 bits per heavy atom. The molecular weight excluding hydrogens is 268 g/mol. The molecule has 21 heavy (non-hydrogen) atoms. The first-order valence-electron chi connectivity index (χ1n) is 8.45. The Balaban J connectivity index is 1.46. The number of carbonyl (C=O) groups excluding carboxylic acids is 1. The van der Waals surface area contributed by atoms with Crippen LogP contribution in [0.3, 0.4) is 0 Å². The number of rotatable bonds is 9. The topological polar surface area (TPSA) is 70.6 Å². The number of hydrogen-bond acceptors (Lipinski definition) is 4. The Hall–Kier alpha value is -0.650. The van der Waals surface area contributed by atoms with Gasteiger partial charge in [-0.2, -0.15) is 0 Å². The van der Waals surface area contributed by atoms with E-state index < -0.39 is 6.10 Å². The van der Waals surface area contributed by atoms with E-state index in [1.165, 1.54) is 19.3 Å². The van der Waals surface area contributed by atoms with E-state index in [0.717, 1.165) is 19.3 Å². The smallest absolute Gasteiger partial charge is 0.221 e. The molecule has 0 aromatic carbocycles. The largest absolute Gasteiger partial charge is 0.389 e. The van der Waals surface area contributed by atoms with Crippen molar-refractivity contribution in [3.63, 3.8) is 0 Å². The molecule has 2 fully saturated rings. The molecule has 3 atom stereocenters. The van der Waals surface area contributed by atoms with Crippen LogP contribution in [0.25, 0.3) is 0 Å². The first-order valence-corrected chi connectivity index (χ1v) is 8.45. The number of aliphatic hydroxyl groups excluding tert-OH is 1. The minimum Gasteiger partial charge on any atom is -0.389 e. The average Bonchev–Trinajstić information content (AvgIpc) is 3.26. The summed E-state index contributed by atoms with van der Waals surface area (Å²) in [5.74, 6) is 0.705. The molecule has 2 saturated carbocycles. The van der Waals surface area contributed by atoms with Crippen LogP contribution in [0.4, 0.5) is 0 Å². The van der Waals surface area contributed by atoms with Gasteiger partial charge < -0.3 is 20.5 Å². The lowest BCUT2D eigenvalue weighted by molar-refractivity contribution is -0.121. The lowest BCUT2D eigenvalue weighted by Gasteiger charge is -2.29. The lowest BCUT2D eigenvalue weighted by Crippen LogP contribution is -2.36. The molecule has 2 rings (SSSR count). The second kappa shape index (κ2) is 8.71. The number of nitrogens with one attached hydrogen (secondary N) is 2. The molecule has 0 radical (unpaired) electrons. The number of ether oxygens (including phenoxy) is 1. The predicted octanol–water partition coefficient (Wildman–Crippen LogP) is 1.20. The van der Waals surface area contributed by atoms with Crippen molar-refractivity contribution in [3.8, 4) is 0 Å². The van der Waals surface area contributed by atoms with Crippen molar-refractivity contribution in [2.45, 2.75) is 70.1 Å². The van der Waals surface area contributed by atoms with Gasteiger partial charge in [-0.05, 0) is 31.6 Å². The van der Waals surface area contributed by atoms with E-state index in [4.69, 9.17) is 4.74 Å². The van der Waals surface area contributed by atoms with Gasteiger partial charge in [0.2, 0.25) is 5.91 Å². The van der Waals surface area contributed by atoms with Gasteiger partial charge in [0, 0.05) is 25.6 Å². The number of aliphatic hydroxyl groups is 1. The molecule has 3 N–H and O–H groups in total.